The van der Waals surface area contributed by atoms with Crippen LogP contribution in [0.2, 0.25) is 13.7 Å². The molecule has 0 spiro atoms. The highest BCUT2D eigenvalue weighted by atomic mass is 35.5. The minimum Gasteiger partial charge on any atom is -0.444 e. The quantitative estimate of drug-likeness (QED) is 0.339. The third kappa shape index (κ3) is 9.56. The number of amides is 5. The molecule has 1 aliphatic carbocycles. The van der Waals surface area contributed by atoms with E-state index in [9.17, 15) is 32.4 Å². The summed E-state index contributed by atoms with van der Waals surface area (Å²) in [4.78, 5) is 71.3. The minimum atomic E-state index is -4.51. The number of ether oxygens (including phenoxy) is 3. The molecule has 1 aromatic heterocycles. The Hall–Kier alpha value is -3.61. The van der Waals surface area contributed by atoms with Gasteiger partial charge in [-0.2, -0.15) is 0 Å². The first kappa shape index (κ1) is 42.0. The summed E-state index contributed by atoms with van der Waals surface area (Å²) in [5.41, 5.74) is -0.954. The molecule has 304 valence electrons. The van der Waals surface area contributed by atoms with Gasteiger partial charge >= 0.3 is 12.2 Å². The Balaban J connectivity index is 1.28. The van der Waals surface area contributed by atoms with Crippen molar-refractivity contribution in [3.8, 4) is 0 Å². The van der Waals surface area contributed by atoms with Crippen molar-refractivity contribution in [2.45, 2.75) is 100 Å². The molecule has 0 radical (unpaired) electrons. The van der Waals surface area contributed by atoms with Crippen LogP contribution in [0.3, 0.4) is 0 Å². The second-order valence-electron chi connectivity index (χ2n) is 15.0. The van der Waals surface area contributed by atoms with Crippen molar-refractivity contribution in [1.82, 2.24) is 25.2 Å². The van der Waals surface area contributed by atoms with Gasteiger partial charge in [0.1, 0.15) is 38.6 Å². The zero-order chi connectivity index (χ0) is 40.6. The Morgan fingerprint density at radius 3 is 2.57 bits per heavy atom. The van der Waals surface area contributed by atoms with Crippen molar-refractivity contribution in [2.75, 3.05) is 19.8 Å². The van der Waals surface area contributed by atoms with Crippen molar-refractivity contribution in [3.05, 3.63) is 61.2 Å². The number of nitrogens with zero attached hydrogens (tertiary/aromatic N) is 2. The summed E-state index contributed by atoms with van der Waals surface area (Å²) in [5, 5.41) is 5.87. The first-order chi connectivity index (χ1) is 26.4. The van der Waals surface area contributed by atoms with Gasteiger partial charge in [-0.15, -0.1) is 11.3 Å². The van der Waals surface area contributed by atoms with E-state index in [1.54, 1.807) is 39.0 Å². The van der Waals surface area contributed by atoms with E-state index in [0.29, 0.717) is 24.5 Å². The molecule has 15 nitrogen and oxygen atoms in total. The smallest absolute Gasteiger partial charge is 0.410 e. The third-order valence-corrected chi connectivity index (χ3v) is 13.2. The number of carbonyl (C=O) groups excluding carboxylic acids is 5. The van der Waals surface area contributed by atoms with Gasteiger partial charge in [0.05, 0.1) is 17.4 Å². The second-order valence-corrected chi connectivity index (χ2v) is 19.4. The number of allylic oxidation sites excluding steroid dienone is 1. The molecular weight excluding hydrogens is 833 g/mol. The van der Waals surface area contributed by atoms with Gasteiger partial charge in [-0.3, -0.25) is 19.3 Å². The average molecular weight is 875 g/mol. The molecule has 0 bridgehead atoms. The predicted octanol–water partition coefficient (Wildman–Crippen LogP) is 5.16. The van der Waals surface area contributed by atoms with Crippen LogP contribution >= 0.6 is 46.1 Å². The number of fused-ring (bicyclic) bond motifs is 3. The number of sulfonamides is 1. The Morgan fingerprint density at radius 1 is 1.11 bits per heavy atom. The van der Waals surface area contributed by atoms with Gasteiger partial charge in [-0.05, 0) is 63.3 Å². The highest BCUT2D eigenvalue weighted by molar-refractivity contribution is 7.90. The summed E-state index contributed by atoms with van der Waals surface area (Å²) >= 11 is 19.3. The van der Waals surface area contributed by atoms with Gasteiger partial charge in [-0.25, -0.2) is 22.7 Å². The maximum atomic E-state index is 14.4. The largest absolute Gasteiger partial charge is 0.444 e. The van der Waals surface area contributed by atoms with E-state index in [-0.39, 0.29) is 54.2 Å². The van der Waals surface area contributed by atoms with E-state index >= 15 is 0 Å². The van der Waals surface area contributed by atoms with Crippen LogP contribution in [0.1, 0.15) is 64.0 Å². The predicted molar refractivity (Wildman–Crippen MR) is 207 cm³/mol. The van der Waals surface area contributed by atoms with E-state index in [1.807, 2.05) is 16.9 Å². The van der Waals surface area contributed by atoms with E-state index in [2.05, 4.69) is 10.6 Å². The fraction of sp³-hybridized carbons (Fsp3) is 0.528. The Kier molecular flexibility index (Phi) is 12.5. The molecule has 1 aromatic carbocycles. The molecule has 0 unspecified atom stereocenters. The van der Waals surface area contributed by atoms with Crippen LogP contribution in [0.4, 0.5) is 9.59 Å². The lowest BCUT2D eigenvalue weighted by Gasteiger charge is -2.30. The number of carbonyl (C=O) groups is 5. The van der Waals surface area contributed by atoms with Crippen LogP contribution in [0.15, 0.2) is 41.3 Å². The topological polar surface area (TPSA) is 190 Å². The van der Waals surface area contributed by atoms with Crippen molar-refractivity contribution in [3.63, 3.8) is 0 Å². The van der Waals surface area contributed by atoms with E-state index in [1.165, 1.54) is 9.80 Å². The van der Waals surface area contributed by atoms with Gasteiger partial charge in [0, 0.05) is 43.5 Å². The van der Waals surface area contributed by atoms with Crippen molar-refractivity contribution in [2.24, 2.45) is 5.92 Å². The van der Waals surface area contributed by atoms with Gasteiger partial charge < -0.3 is 29.7 Å². The zero-order valence-corrected chi connectivity index (χ0v) is 34.7. The van der Waals surface area contributed by atoms with Gasteiger partial charge in [0.2, 0.25) is 11.8 Å². The van der Waals surface area contributed by atoms with E-state index in [0.717, 1.165) is 28.5 Å². The molecule has 20 heteroatoms. The zero-order valence-electron chi connectivity index (χ0n) is 30.8. The number of hydrogen-bond acceptors (Lipinski definition) is 11. The third-order valence-electron chi connectivity index (χ3n) is 9.78. The van der Waals surface area contributed by atoms with Gasteiger partial charge in [0.15, 0.2) is 0 Å². The van der Waals surface area contributed by atoms with Gasteiger partial charge in [0.25, 0.3) is 15.9 Å². The fourth-order valence-electron chi connectivity index (χ4n) is 6.94. The molecule has 2 aromatic rings. The van der Waals surface area contributed by atoms with E-state index in [4.69, 9.17) is 49.0 Å². The van der Waals surface area contributed by atoms with Crippen LogP contribution in [0, 0.1) is 5.92 Å². The van der Waals surface area contributed by atoms with Crippen LogP contribution in [-0.4, -0.2) is 97.2 Å². The lowest BCUT2D eigenvalue weighted by Crippen LogP contribution is -2.58. The number of thiophene rings is 1. The number of rotatable bonds is 5. The molecule has 3 N–H and O–H groups in total. The molecule has 2 fully saturated rings. The molecule has 1 saturated heterocycles. The van der Waals surface area contributed by atoms with Crippen molar-refractivity contribution < 1.29 is 46.6 Å². The van der Waals surface area contributed by atoms with Crippen LogP contribution in [0.25, 0.3) is 0 Å². The molecule has 5 atom stereocenters. The highest BCUT2D eigenvalue weighted by Crippen LogP contribution is 2.46. The molecule has 4 aliphatic rings. The number of hydrogen-bond donors (Lipinski definition) is 3. The first-order valence-corrected chi connectivity index (χ1v) is 21.4. The van der Waals surface area contributed by atoms with Crippen LogP contribution in [0.5, 0.6) is 0 Å². The standard InChI is InChI=1S/C36H42Cl3N5O10S2/c1-35(2,3)54-33(48)40-25-11-13-52-12-6-4-5-9-21-16-36(21,32(47)42-56(50,51)27-15-28(38)55-29(27)39)41-30(45)26-14-22(18-44(26)31(25)46)53-34(49)43-17-20-8-7-10-24(37)23(20)19-43/h5,7-10,15,21-22,25-26H,4,6,11-14,16-19H2,1-3H3,(H,40,48)(H,41,45)(H,42,47)/t21-,22-,25+,26+,36-/m1/s1. The molecular formula is C36H42Cl3N5O10S2. The number of halogens is 3. The first-order valence-electron chi connectivity index (χ1n) is 18.0. The van der Waals surface area contributed by atoms with Crippen LogP contribution in [-0.2, 0) is 51.7 Å². The Bertz CT molecular complexity index is 2040. The average Bonchev–Trinajstić information content (AvgIpc) is 3.41. The Labute approximate surface area is 343 Å². The lowest BCUT2D eigenvalue weighted by molar-refractivity contribution is -0.141. The summed E-state index contributed by atoms with van der Waals surface area (Å²) in [6.07, 6.45) is 2.05. The summed E-state index contributed by atoms with van der Waals surface area (Å²) in [6, 6.07) is 3.97. The van der Waals surface area contributed by atoms with Crippen LogP contribution < -0.4 is 15.4 Å². The molecule has 3 aliphatic heterocycles. The number of alkyl carbamates (subject to hydrolysis) is 1. The summed E-state index contributed by atoms with van der Waals surface area (Å²) in [5.74, 6) is -3.10. The minimum absolute atomic E-state index is 0.0252. The second kappa shape index (κ2) is 16.7. The fourth-order valence-corrected chi connectivity index (χ4v) is 10.4. The SMILES string of the molecule is CC(C)(C)OC(=O)N[C@H]1CCOCCCC=C[C@@H]2C[C@@]2(C(=O)NS(=O)(=O)c2cc(Cl)sc2Cl)NC(=O)[C@@H]2C[C@@H](OC(=O)N3Cc4cccc(Cl)c4C3)CN2C1=O. The summed E-state index contributed by atoms with van der Waals surface area (Å²) in [6.45, 7) is 5.64. The monoisotopic (exact) mass is 873 g/mol. The maximum absolute atomic E-state index is 14.4. The molecule has 1 saturated carbocycles. The van der Waals surface area contributed by atoms with Crippen molar-refractivity contribution in [1.29, 1.82) is 0 Å². The maximum Gasteiger partial charge on any atom is 0.410 e. The molecule has 6 rings (SSSR count). The molecule has 56 heavy (non-hydrogen) atoms. The summed E-state index contributed by atoms with van der Waals surface area (Å²) < 4.78 is 45.7. The molecule has 5 amide bonds. The Morgan fingerprint density at radius 2 is 1.88 bits per heavy atom. The normalized spacial score (nSPS) is 25.8. The van der Waals surface area contributed by atoms with Crippen molar-refractivity contribution >= 4 is 86.1 Å². The number of benzene rings is 1. The van der Waals surface area contributed by atoms with Gasteiger partial charge in [-0.1, -0.05) is 59.1 Å². The number of nitrogens with one attached hydrogen (secondary N) is 3. The molecule has 4 heterocycles. The van der Waals surface area contributed by atoms with E-state index < -0.39 is 80.1 Å². The summed E-state index contributed by atoms with van der Waals surface area (Å²) in [7, 11) is -4.51. The lowest BCUT2D eigenvalue weighted by atomic mass is 10.1. The highest BCUT2D eigenvalue weighted by Gasteiger charge is 2.62.